The molecule has 3 heterocycles. The van der Waals surface area contributed by atoms with Crippen LogP contribution in [0.3, 0.4) is 0 Å². The van der Waals surface area contributed by atoms with E-state index in [0.717, 1.165) is 74.1 Å². The van der Waals surface area contributed by atoms with Crippen molar-refractivity contribution in [3.8, 4) is 0 Å². The highest BCUT2D eigenvalue weighted by Gasteiger charge is 2.17. The standard InChI is InChI=1S/C24H28N4O2S/c29-23(25-9-3-10-27-11-8-18-4-1-2-5-20(18)17-27)19-6-7-21-22(16-19)31-24(26-21)28-12-14-30-15-13-28/h1-2,4-7,16H,3,8-15,17H2,(H,25,29). The van der Waals surface area contributed by atoms with E-state index < -0.39 is 0 Å². The van der Waals surface area contributed by atoms with Crippen LogP contribution in [0.15, 0.2) is 42.5 Å². The lowest BCUT2D eigenvalue weighted by molar-refractivity contribution is 0.0951. The van der Waals surface area contributed by atoms with Crippen molar-refractivity contribution in [2.75, 3.05) is 50.8 Å². The summed E-state index contributed by atoms with van der Waals surface area (Å²) in [7, 11) is 0. The Morgan fingerprint density at radius 1 is 1.10 bits per heavy atom. The number of morpholine rings is 1. The summed E-state index contributed by atoms with van der Waals surface area (Å²) in [6, 6.07) is 14.5. The predicted molar refractivity (Wildman–Crippen MR) is 125 cm³/mol. The number of amides is 1. The zero-order valence-corrected chi connectivity index (χ0v) is 18.5. The van der Waals surface area contributed by atoms with Crippen LogP contribution in [0.4, 0.5) is 5.13 Å². The Labute approximate surface area is 186 Å². The number of thiazole rings is 1. The summed E-state index contributed by atoms with van der Waals surface area (Å²) in [6.07, 6.45) is 2.07. The molecule has 1 fully saturated rings. The van der Waals surface area contributed by atoms with Crippen molar-refractivity contribution in [2.45, 2.75) is 19.4 Å². The molecular formula is C24H28N4O2S. The number of aromatic nitrogens is 1. The number of hydrogen-bond donors (Lipinski definition) is 1. The zero-order chi connectivity index (χ0) is 21.0. The van der Waals surface area contributed by atoms with E-state index >= 15 is 0 Å². The number of ether oxygens (including phenoxy) is 1. The average molecular weight is 437 g/mol. The normalized spacial score (nSPS) is 17.0. The molecule has 3 aromatic rings. The number of rotatable bonds is 6. The van der Waals surface area contributed by atoms with Crippen molar-refractivity contribution >= 4 is 32.6 Å². The number of fused-ring (bicyclic) bond motifs is 2. The van der Waals surface area contributed by atoms with Crippen LogP contribution >= 0.6 is 11.3 Å². The van der Waals surface area contributed by atoms with Gasteiger partial charge in [0.25, 0.3) is 5.91 Å². The zero-order valence-electron chi connectivity index (χ0n) is 17.7. The fourth-order valence-electron chi connectivity index (χ4n) is 4.30. The van der Waals surface area contributed by atoms with Gasteiger partial charge in [-0.2, -0.15) is 0 Å². The Kier molecular flexibility index (Phi) is 6.15. The summed E-state index contributed by atoms with van der Waals surface area (Å²) < 4.78 is 6.48. The maximum absolute atomic E-state index is 12.6. The van der Waals surface area contributed by atoms with E-state index in [-0.39, 0.29) is 5.91 Å². The molecule has 0 bridgehead atoms. The van der Waals surface area contributed by atoms with Crippen molar-refractivity contribution in [2.24, 2.45) is 0 Å². The molecule has 0 unspecified atom stereocenters. The Morgan fingerprint density at radius 3 is 2.81 bits per heavy atom. The Morgan fingerprint density at radius 2 is 1.94 bits per heavy atom. The van der Waals surface area contributed by atoms with E-state index in [1.165, 1.54) is 11.1 Å². The second-order valence-electron chi connectivity index (χ2n) is 8.18. The lowest BCUT2D eigenvalue weighted by Gasteiger charge is -2.28. The van der Waals surface area contributed by atoms with E-state index in [0.29, 0.717) is 12.1 Å². The lowest BCUT2D eigenvalue weighted by atomic mass is 10.00. The van der Waals surface area contributed by atoms with E-state index in [9.17, 15) is 4.79 Å². The van der Waals surface area contributed by atoms with Gasteiger partial charge >= 0.3 is 0 Å². The van der Waals surface area contributed by atoms with Gasteiger partial charge in [0, 0.05) is 44.8 Å². The van der Waals surface area contributed by atoms with Gasteiger partial charge in [0.1, 0.15) is 0 Å². The van der Waals surface area contributed by atoms with Gasteiger partial charge in [0.15, 0.2) is 5.13 Å². The van der Waals surface area contributed by atoms with Gasteiger partial charge in [0.2, 0.25) is 0 Å². The van der Waals surface area contributed by atoms with E-state index in [4.69, 9.17) is 9.72 Å². The van der Waals surface area contributed by atoms with Crippen LogP contribution in [0.2, 0.25) is 0 Å². The first-order valence-electron chi connectivity index (χ1n) is 11.1. The molecule has 0 aliphatic carbocycles. The van der Waals surface area contributed by atoms with Crippen LogP contribution in [-0.4, -0.2) is 61.7 Å². The molecule has 2 aromatic carbocycles. The van der Waals surface area contributed by atoms with Crippen molar-refractivity contribution < 1.29 is 9.53 Å². The summed E-state index contributed by atoms with van der Waals surface area (Å²) in [5.41, 5.74) is 4.57. The smallest absolute Gasteiger partial charge is 0.251 e. The minimum Gasteiger partial charge on any atom is -0.378 e. The maximum atomic E-state index is 12.6. The van der Waals surface area contributed by atoms with Crippen LogP contribution in [0.5, 0.6) is 0 Å². The summed E-state index contributed by atoms with van der Waals surface area (Å²) in [5.74, 6) is -0.00721. The fourth-order valence-corrected chi connectivity index (χ4v) is 5.35. The number of hydrogen-bond acceptors (Lipinski definition) is 6. The molecule has 5 rings (SSSR count). The number of nitrogens with zero attached hydrogens (tertiary/aromatic N) is 3. The van der Waals surface area contributed by atoms with E-state index in [2.05, 4.69) is 39.4 Å². The molecular weight excluding hydrogens is 408 g/mol. The average Bonchev–Trinajstić information content (AvgIpc) is 3.26. The van der Waals surface area contributed by atoms with Crippen molar-refractivity contribution in [1.29, 1.82) is 0 Å². The molecule has 1 N–H and O–H groups in total. The molecule has 6 nitrogen and oxygen atoms in total. The highest BCUT2D eigenvalue weighted by atomic mass is 32.1. The van der Waals surface area contributed by atoms with Gasteiger partial charge in [0.05, 0.1) is 23.4 Å². The number of anilines is 1. The largest absolute Gasteiger partial charge is 0.378 e. The molecule has 0 saturated carbocycles. The second kappa shape index (κ2) is 9.34. The maximum Gasteiger partial charge on any atom is 0.251 e. The molecule has 162 valence electrons. The second-order valence-corrected chi connectivity index (χ2v) is 9.19. The van der Waals surface area contributed by atoms with Crippen molar-refractivity contribution in [1.82, 2.24) is 15.2 Å². The number of carbonyl (C=O) groups is 1. The van der Waals surface area contributed by atoms with E-state index in [1.54, 1.807) is 11.3 Å². The Hall–Kier alpha value is -2.48. The first-order chi connectivity index (χ1) is 15.3. The molecule has 2 aliphatic heterocycles. The van der Waals surface area contributed by atoms with Crippen LogP contribution < -0.4 is 10.2 Å². The van der Waals surface area contributed by atoms with Crippen molar-refractivity contribution in [3.63, 3.8) is 0 Å². The van der Waals surface area contributed by atoms with Gasteiger partial charge in [-0.25, -0.2) is 4.98 Å². The summed E-state index contributed by atoms with van der Waals surface area (Å²) in [6.45, 7) is 7.03. The third-order valence-corrected chi connectivity index (χ3v) is 7.15. The molecule has 0 spiro atoms. The van der Waals surface area contributed by atoms with Gasteiger partial charge in [-0.15, -0.1) is 0 Å². The van der Waals surface area contributed by atoms with E-state index in [1.807, 2.05) is 18.2 Å². The van der Waals surface area contributed by atoms with Gasteiger partial charge in [-0.3, -0.25) is 9.69 Å². The number of nitrogens with one attached hydrogen (secondary N) is 1. The SMILES string of the molecule is O=C(NCCCN1CCc2ccccc2C1)c1ccc2nc(N3CCOCC3)sc2c1. The molecule has 0 radical (unpaired) electrons. The first-order valence-corrected chi connectivity index (χ1v) is 11.9. The number of benzene rings is 2. The molecule has 0 atom stereocenters. The number of carbonyl (C=O) groups excluding carboxylic acids is 1. The Balaban J connectivity index is 1.13. The molecule has 1 saturated heterocycles. The van der Waals surface area contributed by atoms with Crippen LogP contribution in [0.1, 0.15) is 27.9 Å². The summed E-state index contributed by atoms with van der Waals surface area (Å²) in [5, 5.41) is 4.10. The molecule has 1 amide bonds. The monoisotopic (exact) mass is 436 g/mol. The minimum absolute atomic E-state index is 0.00721. The summed E-state index contributed by atoms with van der Waals surface area (Å²) >= 11 is 1.65. The van der Waals surface area contributed by atoms with Gasteiger partial charge in [-0.05, 0) is 42.2 Å². The quantitative estimate of drug-likeness (QED) is 0.601. The first kappa shape index (κ1) is 20.4. The fraction of sp³-hybridized carbons (Fsp3) is 0.417. The molecule has 7 heteroatoms. The lowest BCUT2D eigenvalue weighted by Crippen LogP contribution is -2.36. The predicted octanol–water partition coefficient (Wildman–Crippen LogP) is 3.31. The van der Waals surface area contributed by atoms with Gasteiger partial charge < -0.3 is 15.0 Å². The van der Waals surface area contributed by atoms with Crippen LogP contribution in [-0.2, 0) is 17.7 Å². The van der Waals surface area contributed by atoms with Gasteiger partial charge in [-0.1, -0.05) is 35.6 Å². The van der Waals surface area contributed by atoms with Crippen LogP contribution in [0, 0.1) is 0 Å². The summed E-state index contributed by atoms with van der Waals surface area (Å²) in [4.78, 5) is 22.1. The van der Waals surface area contributed by atoms with Crippen LogP contribution in [0.25, 0.3) is 10.2 Å². The minimum atomic E-state index is -0.00721. The third kappa shape index (κ3) is 4.74. The Bertz CT molecular complexity index is 1060. The van der Waals surface area contributed by atoms with Crippen molar-refractivity contribution in [3.05, 3.63) is 59.2 Å². The highest BCUT2D eigenvalue weighted by molar-refractivity contribution is 7.22. The topological polar surface area (TPSA) is 57.7 Å². The third-order valence-electron chi connectivity index (χ3n) is 6.07. The molecule has 31 heavy (non-hydrogen) atoms. The molecule has 1 aromatic heterocycles. The highest BCUT2D eigenvalue weighted by Crippen LogP contribution is 2.30. The molecule has 2 aliphatic rings.